The number of thioether (sulfide) groups is 1. The summed E-state index contributed by atoms with van der Waals surface area (Å²) < 4.78 is 19.7. The van der Waals surface area contributed by atoms with Crippen molar-refractivity contribution in [1.29, 1.82) is 0 Å². The summed E-state index contributed by atoms with van der Waals surface area (Å²) in [7, 11) is 0. The van der Waals surface area contributed by atoms with Gasteiger partial charge in [0.1, 0.15) is 23.8 Å². The smallest absolute Gasteiger partial charge is 0.240 e. The lowest BCUT2D eigenvalue weighted by molar-refractivity contribution is 0.215. The first-order valence-corrected chi connectivity index (χ1v) is 11.5. The summed E-state index contributed by atoms with van der Waals surface area (Å²) in [6, 6.07) is 6.97. The van der Waals surface area contributed by atoms with Crippen LogP contribution in [-0.4, -0.2) is 57.4 Å². The summed E-state index contributed by atoms with van der Waals surface area (Å²) in [5, 5.41) is 7.08. The van der Waals surface area contributed by atoms with Crippen LogP contribution in [0.4, 0.5) is 21.7 Å². The molecule has 0 bridgehead atoms. The van der Waals surface area contributed by atoms with Crippen LogP contribution in [0, 0.1) is 5.82 Å². The van der Waals surface area contributed by atoms with E-state index >= 15 is 0 Å². The first-order valence-electron chi connectivity index (χ1n) is 10.2. The van der Waals surface area contributed by atoms with E-state index in [1.165, 1.54) is 24.2 Å². The molecule has 0 amide bonds. The molecule has 3 heterocycles. The SMILES string of the molecule is CSc1ccc(Nc2cc(N3CCN(Cc4nc(C(C)C)no4)CC3)ncn2)c(F)c1. The minimum Gasteiger partial charge on any atom is -0.354 e. The molecule has 10 heteroatoms. The molecule has 1 fully saturated rings. The summed E-state index contributed by atoms with van der Waals surface area (Å²) in [6.45, 7) is 8.10. The first kappa shape index (κ1) is 21.5. The molecule has 1 N–H and O–H groups in total. The van der Waals surface area contributed by atoms with Gasteiger partial charge < -0.3 is 14.7 Å². The first-order chi connectivity index (χ1) is 15.0. The standard InChI is InChI=1S/C21H26FN7OS/c1-14(2)21-26-20(30-27-21)12-28-6-8-29(9-7-28)19-11-18(23-13-24-19)25-17-5-4-15(31-3)10-16(17)22/h4-5,10-11,13-14H,6-9,12H2,1-3H3,(H,23,24,25). The molecule has 1 aliphatic rings. The molecule has 1 aliphatic heterocycles. The molecule has 2 aromatic heterocycles. The van der Waals surface area contributed by atoms with Crippen LogP contribution in [0.3, 0.4) is 0 Å². The number of halogens is 1. The van der Waals surface area contributed by atoms with Crippen molar-refractivity contribution >= 4 is 29.1 Å². The Morgan fingerprint density at radius 3 is 2.65 bits per heavy atom. The van der Waals surface area contributed by atoms with Gasteiger partial charge in [0.05, 0.1) is 12.2 Å². The van der Waals surface area contributed by atoms with Crippen LogP contribution in [0.15, 0.2) is 40.0 Å². The van der Waals surface area contributed by atoms with E-state index in [2.05, 4.69) is 35.2 Å². The van der Waals surface area contributed by atoms with Crippen molar-refractivity contribution in [2.45, 2.75) is 31.2 Å². The van der Waals surface area contributed by atoms with Crippen LogP contribution in [-0.2, 0) is 6.54 Å². The number of benzene rings is 1. The molecule has 0 radical (unpaired) electrons. The predicted octanol–water partition coefficient (Wildman–Crippen LogP) is 3.91. The van der Waals surface area contributed by atoms with E-state index in [-0.39, 0.29) is 11.7 Å². The number of rotatable bonds is 7. The Bertz CT molecular complexity index is 1020. The lowest BCUT2D eigenvalue weighted by Gasteiger charge is -2.34. The summed E-state index contributed by atoms with van der Waals surface area (Å²) in [5.41, 5.74) is 0.396. The van der Waals surface area contributed by atoms with E-state index in [0.717, 1.165) is 42.7 Å². The zero-order valence-electron chi connectivity index (χ0n) is 17.9. The van der Waals surface area contributed by atoms with Crippen molar-refractivity contribution < 1.29 is 8.91 Å². The minimum atomic E-state index is -0.303. The topological polar surface area (TPSA) is 83.2 Å². The van der Waals surface area contributed by atoms with Gasteiger partial charge in [0.15, 0.2) is 5.82 Å². The summed E-state index contributed by atoms with van der Waals surface area (Å²) in [6.07, 6.45) is 3.42. The maximum absolute atomic E-state index is 14.3. The fraction of sp³-hybridized carbons (Fsp3) is 0.429. The summed E-state index contributed by atoms with van der Waals surface area (Å²) in [5.74, 6) is 2.73. The Labute approximate surface area is 185 Å². The lowest BCUT2D eigenvalue weighted by Crippen LogP contribution is -2.46. The molecule has 0 aliphatic carbocycles. The third-order valence-electron chi connectivity index (χ3n) is 5.15. The van der Waals surface area contributed by atoms with Gasteiger partial charge in [0.25, 0.3) is 0 Å². The van der Waals surface area contributed by atoms with Crippen LogP contribution in [0.25, 0.3) is 0 Å². The Kier molecular flexibility index (Phi) is 6.67. The highest BCUT2D eigenvalue weighted by atomic mass is 32.2. The van der Waals surface area contributed by atoms with E-state index in [9.17, 15) is 4.39 Å². The quantitative estimate of drug-likeness (QED) is 0.546. The average Bonchev–Trinajstić information content (AvgIpc) is 3.25. The number of nitrogens with zero attached hydrogens (tertiary/aromatic N) is 6. The molecule has 0 atom stereocenters. The molecule has 0 unspecified atom stereocenters. The molecule has 164 valence electrons. The van der Waals surface area contributed by atoms with E-state index in [4.69, 9.17) is 4.52 Å². The normalized spacial score (nSPS) is 14.9. The van der Waals surface area contributed by atoms with Crippen LogP contribution in [0.5, 0.6) is 0 Å². The Hall–Kier alpha value is -2.72. The molecule has 1 saturated heterocycles. The average molecular weight is 444 g/mol. The van der Waals surface area contributed by atoms with Gasteiger partial charge in [0.2, 0.25) is 5.89 Å². The highest BCUT2D eigenvalue weighted by Gasteiger charge is 2.21. The molecule has 31 heavy (non-hydrogen) atoms. The molecular formula is C21H26FN7OS. The van der Waals surface area contributed by atoms with Crippen LogP contribution in [0.1, 0.15) is 31.5 Å². The number of nitrogens with one attached hydrogen (secondary N) is 1. The Balaban J connectivity index is 1.35. The van der Waals surface area contributed by atoms with E-state index < -0.39 is 0 Å². The second-order valence-electron chi connectivity index (χ2n) is 7.70. The molecule has 4 rings (SSSR count). The largest absolute Gasteiger partial charge is 0.354 e. The number of hydrogen-bond donors (Lipinski definition) is 1. The highest BCUT2D eigenvalue weighted by Crippen LogP contribution is 2.25. The molecule has 0 spiro atoms. The molecule has 8 nitrogen and oxygen atoms in total. The highest BCUT2D eigenvalue weighted by molar-refractivity contribution is 7.98. The van der Waals surface area contributed by atoms with Crippen molar-refractivity contribution in [3.05, 3.63) is 48.1 Å². The van der Waals surface area contributed by atoms with Gasteiger partial charge >= 0.3 is 0 Å². The number of hydrogen-bond acceptors (Lipinski definition) is 9. The van der Waals surface area contributed by atoms with Crippen LogP contribution >= 0.6 is 11.8 Å². The lowest BCUT2D eigenvalue weighted by atomic mass is 10.2. The van der Waals surface area contributed by atoms with E-state index in [1.54, 1.807) is 6.07 Å². The van der Waals surface area contributed by atoms with E-state index in [0.29, 0.717) is 23.9 Å². The second kappa shape index (κ2) is 9.61. The van der Waals surface area contributed by atoms with E-state index in [1.807, 2.05) is 32.2 Å². The molecule has 0 saturated carbocycles. The van der Waals surface area contributed by atoms with Gasteiger partial charge in [-0.3, -0.25) is 4.90 Å². The zero-order chi connectivity index (χ0) is 21.8. The predicted molar refractivity (Wildman–Crippen MR) is 119 cm³/mol. The van der Waals surface area contributed by atoms with Gasteiger partial charge in [-0.25, -0.2) is 14.4 Å². The zero-order valence-corrected chi connectivity index (χ0v) is 18.7. The Morgan fingerprint density at radius 2 is 1.97 bits per heavy atom. The molecule has 3 aromatic rings. The van der Waals surface area contributed by atoms with Crippen LogP contribution < -0.4 is 10.2 Å². The number of piperazine rings is 1. The van der Waals surface area contributed by atoms with Crippen molar-refractivity contribution in [3.8, 4) is 0 Å². The fourth-order valence-electron chi connectivity index (χ4n) is 3.34. The van der Waals surface area contributed by atoms with Gasteiger partial charge in [-0.2, -0.15) is 4.98 Å². The van der Waals surface area contributed by atoms with Gasteiger partial charge in [-0.05, 0) is 24.5 Å². The third kappa shape index (κ3) is 5.31. The molecular weight excluding hydrogens is 417 g/mol. The van der Waals surface area contributed by atoms with Gasteiger partial charge in [-0.15, -0.1) is 11.8 Å². The Morgan fingerprint density at radius 1 is 1.16 bits per heavy atom. The number of anilines is 3. The second-order valence-corrected chi connectivity index (χ2v) is 8.58. The summed E-state index contributed by atoms with van der Waals surface area (Å²) >= 11 is 1.50. The molecule has 1 aromatic carbocycles. The summed E-state index contributed by atoms with van der Waals surface area (Å²) in [4.78, 5) is 18.5. The van der Waals surface area contributed by atoms with Crippen molar-refractivity contribution in [2.24, 2.45) is 0 Å². The maximum atomic E-state index is 14.3. The monoisotopic (exact) mass is 443 g/mol. The maximum Gasteiger partial charge on any atom is 0.240 e. The third-order valence-corrected chi connectivity index (χ3v) is 5.87. The van der Waals surface area contributed by atoms with Crippen molar-refractivity contribution in [2.75, 3.05) is 42.7 Å². The van der Waals surface area contributed by atoms with Gasteiger partial charge in [0, 0.05) is 43.1 Å². The van der Waals surface area contributed by atoms with Crippen molar-refractivity contribution in [1.82, 2.24) is 25.0 Å². The van der Waals surface area contributed by atoms with Crippen molar-refractivity contribution in [3.63, 3.8) is 0 Å². The fourth-order valence-corrected chi connectivity index (χ4v) is 3.77. The van der Waals surface area contributed by atoms with Gasteiger partial charge in [-0.1, -0.05) is 19.0 Å². The number of aromatic nitrogens is 4. The minimum absolute atomic E-state index is 0.256. The van der Waals surface area contributed by atoms with Crippen LogP contribution in [0.2, 0.25) is 0 Å².